The second-order valence-corrected chi connectivity index (χ2v) is 6.23. The first-order valence-corrected chi connectivity index (χ1v) is 7.81. The highest BCUT2D eigenvalue weighted by Gasteiger charge is 2.35. The smallest absolute Gasteiger partial charge is 0.332 e. The molecule has 0 unspecified atom stereocenters. The number of aromatic nitrogens is 4. The van der Waals surface area contributed by atoms with Crippen LogP contribution < -0.4 is 16.6 Å². The van der Waals surface area contributed by atoms with Gasteiger partial charge in [-0.15, -0.1) is 0 Å². The molecule has 3 aromatic rings. The molecule has 0 radical (unpaired) electrons. The number of phenolic OH excluding ortho intramolecular Hbond substituents is 1. The molecule has 8 heteroatoms. The number of nitrogens with one attached hydrogen (secondary N) is 2. The maximum absolute atomic E-state index is 12.9. The number of rotatable bonds is 1. The predicted molar refractivity (Wildman–Crippen MR) is 92.6 cm³/mol. The van der Waals surface area contributed by atoms with Gasteiger partial charge >= 0.3 is 5.69 Å². The molecule has 1 atom stereocenters. The number of aromatic hydroxyl groups is 1. The molecule has 0 fully saturated rings. The second-order valence-electron chi connectivity index (χ2n) is 6.23. The molecule has 3 N–H and O–H groups in total. The first kappa shape index (κ1) is 15.3. The Hall–Kier alpha value is -3.29. The van der Waals surface area contributed by atoms with Gasteiger partial charge in [0.15, 0.2) is 5.82 Å². The molecule has 128 valence electrons. The summed E-state index contributed by atoms with van der Waals surface area (Å²) in [4.78, 5) is 25.2. The van der Waals surface area contributed by atoms with Crippen LogP contribution in [0.15, 0.2) is 33.9 Å². The van der Waals surface area contributed by atoms with Gasteiger partial charge in [-0.25, -0.2) is 4.79 Å². The number of fused-ring (bicyclic) bond motifs is 2. The first-order valence-electron chi connectivity index (χ1n) is 7.81. The number of hydrogen-bond donors (Lipinski definition) is 3. The Morgan fingerprint density at radius 1 is 1.08 bits per heavy atom. The average Bonchev–Trinajstić information content (AvgIpc) is 2.98. The Labute approximate surface area is 142 Å². The lowest BCUT2D eigenvalue weighted by Gasteiger charge is -2.28. The monoisotopic (exact) mass is 339 g/mol. The average molecular weight is 339 g/mol. The Bertz CT molecular complexity index is 1110. The van der Waals surface area contributed by atoms with Crippen LogP contribution in [0.2, 0.25) is 0 Å². The van der Waals surface area contributed by atoms with Crippen LogP contribution in [0.3, 0.4) is 0 Å². The molecule has 0 aliphatic carbocycles. The van der Waals surface area contributed by atoms with Gasteiger partial charge in [-0.3, -0.25) is 19.0 Å². The second kappa shape index (κ2) is 5.10. The van der Waals surface area contributed by atoms with Crippen LogP contribution in [0.1, 0.15) is 28.3 Å². The molecule has 8 nitrogen and oxygen atoms in total. The SMILES string of the molecule is Cc1[nH]nc2c1[C@H](c1ccc(O)cc1)c1c(n(C)c(=O)n(C)c1=O)N2. The summed E-state index contributed by atoms with van der Waals surface area (Å²) in [5, 5.41) is 19.9. The van der Waals surface area contributed by atoms with E-state index in [1.807, 2.05) is 6.92 Å². The Morgan fingerprint density at radius 3 is 2.44 bits per heavy atom. The van der Waals surface area contributed by atoms with E-state index in [2.05, 4.69) is 15.5 Å². The minimum Gasteiger partial charge on any atom is -0.508 e. The van der Waals surface area contributed by atoms with Crippen molar-refractivity contribution in [3.05, 3.63) is 67.5 Å². The van der Waals surface area contributed by atoms with E-state index in [4.69, 9.17) is 0 Å². The number of benzene rings is 1. The van der Waals surface area contributed by atoms with Crippen molar-refractivity contribution in [1.82, 2.24) is 19.3 Å². The lowest BCUT2D eigenvalue weighted by molar-refractivity contribution is 0.475. The molecule has 2 aromatic heterocycles. The molecular formula is C17H17N5O3. The quantitative estimate of drug-likeness (QED) is 0.481. The summed E-state index contributed by atoms with van der Waals surface area (Å²) in [7, 11) is 3.09. The van der Waals surface area contributed by atoms with Crippen molar-refractivity contribution in [3.8, 4) is 5.75 Å². The largest absolute Gasteiger partial charge is 0.508 e. The van der Waals surface area contributed by atoms with Gasteiger partial charge in [-0.1, -0.05) is 12.1 Å². The topological polar surface area (TPSA) is 105 Å². The summed E-state index contributed by atoms with van der Waals surface area (Å²) in [5.41, 5.74) is 2.25. The van der Waals surface area contributed by atoms with Gasteiger partial charge in [0, 0.05) is 31.3 Å². The summed E-state index contributed by atoms with van der Waals surface area (Å²) in [6.45, 7) is 1.89. The maximum Gasteiger partial charge on any atom is 0.332 e. The fourth-order valence-corrected chi connectivity index (χ4v) is 3.42. The summed E-state index contributed by atoms with van der Waals surface area (Å²) in [6, 6.07) is 6.71. The molecule has 4 rings (SSSR count). The number of aryl methyl sites for hydroxylation is 1. The van der Waals surface area contributed by atoms with Gasteiger partial charge in [-0.05, 0) is 24.6 Å². The number of phenols is 1. The summed E-state index contributed by atoms with van der Waals surface area (Å²) in [6.07, 6.45) is 0. The third-order valence-corrected chi connectivity index (χ3v) is 4.73. The van der Waals surface area contributed by atoms with Crippen molar-refractivity contribution in [3.63, 3.8) is 0 Å². The van der Waals surface area contributed by atoms with E-state index in [9.17, 15) is 14.7 Å². The van der Waals surface area contributed by atoms with E-state index in [1.54, 1.807) is 31.3 Å². The minimum atomic E-state index is -0.406. The van der Waals surface area contributed by atoms with E-state index in [0.29, 0.717) is 17.2 Å². The van der Waals surface area contributed by atoms with Gasteiger partial charge in [0.25, 0.3) is 5.56 Å². The first-order chi connectivity index (χ1) is 11.9. The molecule has 1 aromatic carbocycles. The molecule has 0 saturated carbocycles. The Balaban J connectivity index is 2.11. The molecule has 1 aliphatic heterocycles. The highest BCUT2D eigenvalue weighted by atomic mass is 16.3. The maximum atomic E-state index is 12.9. The van der Waals surface area contributed by atoms with Crippen molar-refractivity contribution in [2.24, 2.45) is 14.1 Å². The number of H-pyrrole nitrogens is 1. The van der Waals surface area contributed by atoms with E-state index in [1.165, 1.54) is 11.6 Å². The fraction of sp³-hybridized carbons (Fsp3) is 0.235. The number of hydrogen-bond acceptors (Lipinski definition) is 5. The van der Waals surface area contributed by atoms with E-state index < -0.39 is 11.6 Å². The molecule has 25 heavy (non-hydrogen) atoms. The third-order valence-electron chi connectivity index (χ3n) is 4.73. The summed E-state index contributed by atoms with van der Waals surface area (Å²) >= 11 is 0. The van der Waals surface area contributed by atoms with Crippen molar-refractivity contribution < 1.29 is 5.11 Å². The van der Waals surface area contributed by atoms with Crippen molar-refractivity contribution >= 4 is 11.6 Å². The van der Waals surface area contributed by atoms with Crippen LogP contribution in [0.4, 0.5) is 11.6 Å². The van der Waals surface area contributed by atoms with Gasteiger partial charge in [-0.2, -0.15) is 5.10 Å². The van der Waals surface area contributed by atoms with Crippen LogP contribution in [0, 0.1) is 6.92 Å². The zero-order valence-electron chi connectivity index (χ0n) is 14.0. The Kier molecular flexibility index (Phi) is 3.11. The Morgan fingerprint density at radius 2 is 1.76 bits per heavy atom. The van der Waals surface area contributed by atoms with Crippen LogP contribution >= 0.6 is 0 Å². The van der Waals surface area contributed by atoms with E-state index in [0.717, 1.165) is 21.4 Å². The number of aromatic amines is 1. The lowest BCUT2D eigenvalue weighted by atomic mass is 9.83. The number of anilines is 2. The van der Waals surface area contributed by atoms with Crippen molar-refractivity contribution in [2.75, 3.05) is 5.32 Å². The molecule has 1 aliphatic rings. The molecule has 0 saturated heterocycles. The normalized spacial score (nSPS) is 15.4. The molecule has 0 amide bonds. The third kappa shape index (κ3) is 2.03. The van der Waals surface area contributed by atoms with Gasteiger partial charge < -0.3 is 10.4 Å². The highest BCUT2D eigenvalue weighted by Crippen LogP contribution is 2.43. The van der Waals surface area contributed by atoms with Crippen LogP contribution in [0.25, 0.3) is 0 Å². The van der Waals surface area contributed by atoms with E-state index in [-0.39, 0.29) is 11.3 Å². The van der Waals surface area contributed by atoms with Gasteiger partial charge in [0.1, 0.15) is 11.6 Å². The lowest BCUT2D eigenvalue weighted by Crippen LogP contribution is -2.42. The predicted octanol–water partition coefficient (Wildman–Crippen LogP) is 1.06. The summed E-state index contributed by atoms with van der Waals surface area (Å²) in [5.74, 6) is 0.781. The fourth-order valence-electron chi connectivity index (χ4n) is 3.42. The molecule has 0 bridgehead atoms. The molecular weight excluding hydrogens is 322 g/mol. The minimum absolute atomic E-state index is 0.149. The van der Waals surface area contributed by atoms with Crippen molar-refractivity contribution in [1.29, 1.82) is 0 Å². The van der Waals surface area contributed by atoms with Crippen LogP contribution in [-0.2, 0) is 14.1 Å². The highest BCUT2D eigenvalue weighted by molar-refractivity contribution is 5.71. The standard InChI is InChI=1S/C17H17N5O3/c1-8-11-12(9-4-6-10(23)7-5-9)13-15(18-14(11)20-19-8)21(2)17(25)22(3)16(13)24/h4-7,12,23H,1-3H3,(H2,18,19,20)/t12-/m0/s1. The van der Waals surface area contributed by atoms with Gasteiger partial charge in [0.05, 0.1) is 5.56 Å². The number of nitrogens with zero attached hydrogens (tertiary/aromatic N) is 3. The van der Waals surface area contributed by atoms with Crippen molar-refractivity contribution in [2.45, 2.75) is 12.8 Å². The zero-order valence-corrected chi connectivity index (χ0v) is 14.0. The van der Waals surface area contributed by atoms with E-state index >= 15 is 0 Å². The van der Waals surface area contributed by atoms with Gasteiger partial charge in [0.2, 0.25) is 0 Å². The molecule has 3 heterocycles. The van der Waals surface area contributed by atoms with Crippen LogP contribution in [0.5, 0.6) is 5.75 Å². The molecule has 0 spiro atoms. The van der Waals surface area contributed by atoms with Crippen LogP contribution in [-0.4, -0.2) is 24.4 Å². The zero-order chi connectivity index (χ0) is 17.9. The summed E-state index contributed by atoms with van der Waals surface area (Å²) < 4.78 is 2.52.